The second kappa shape index (κ2) is 5.87. The van der Waals surface area contributed by atoms with E-state index in [1.54, 1.807) is 12.1 Å². The van der Waals surface area contributed by atoms with Gasteiger partial charge in [0.1, 0.15) is 11.5 Å². The topological polar surface area (TPSA) is 65.5 Å². The van der Waals surface area contributed by atoms with Crippen LogP contribution in [0.3, 0.4) is 0 Å². The third kappa shape index (κ3) is 3.33. The van der Waals surface area contributed by atoms with Crippen molar-refractivity contribution in [2.45, 2.75) is 31.5 Å². The molecule has 2 N–H and O–H groups in total. The van der Waals surface area contributed by atoms with Gasteiger partial charge in [0.25, 0.3) is 0 Å². The Morgan fingerprint density at radius 3 is 1.61 bits per heavy atom. The predicted molar refractivity (Wildman–Crippen MR) is 85.9 cm³/mol. The largest absolute Gasteiger partial charge is 0.508 e. The summed E-state index contributed by atoms with van der Waals surface area (Å²) in [7, 11) is 0. The van der Waals surface area contributed by atoms with Crippen molar-refractivity contribution in [1.82, 2.24) is 0 Å². The number of epoxide rings is 2. The maximum Gasteiger partial charge on any atom is 0.119 e. The van der Waals surface area contributed by atoms with E-state index in [1.165, 1.54) is 0 Å². The van der Waals surface area contributed by atoms with Crippen molar-refractivity contribution in [3.8, 4) is 11.5 Å². The van der Waals surface area contributed by atoms with Gasteiger partial charge in [-0.2, -0.15) is 0 Å². The van der Waals surface area contributed by atoms with Gasteiger partial charge in [0.05, 0.1) is 25.4 Å². The summed E-state index contributed by atoms with van der Waals surface area (Å²) in [4.78, 5) is 0. The van der Waals surface area contributed by atoms with E-state index >= 15 is 0 Å². The lowest BCUT2D eigenvalue weighted by Gasteiger charge is -2.14. The maximum absolute atomic E-state index is 10.2. The van der Waals surface area contributed by atoms with Crippen LogP contribution in [0, 0.1) is 0 Å². The third-order valence-corrected chi connectivity index (χ3v) is 4.55. The zero-order valence-electron chi connectivity index (χ0n) is 12.9. The van der Waals surface area contributed by atoms with Crippen molar-refractivity contribution in [1.29, 1.82) is 0 Å². The molecule has 2 aliphatic rings. The van der Waals surface area contributed by atoms with Crippen LogP contribution < -0.4 is 0 Å². The summed E-state index contributed by atoms with van der Waals surface area (Å²) in [6, 6.07) is 11.3. The van der Waals surface area contributed by atoms with Crippen LogP contribution in [-0.2, 0) is 28.7 Å². The molecule has 2 heterocycles. The molecular weight excluding hydrogens is 292 g/mol. The van der Waals surface area contributed by atoms with Gasteiger partial charge in [-0.15, -0.1) is 0 Å². The van der Waals surface area contributed by atoms with Crippen molar-refractivity contribution in [3.63, 3.8) is 0 Å². The lowest BCUT2D eigenvalue weighted by molar-refractivity contribution is 0.400. The molecule has 4 heteroatoms. The van der Waals surface area contributed by atoms with Crippen LogP contribution in [-0.4, -0.2) is 35.6 Å². The van der Waals surface area contributed by atoms with Gasteiger partial charge in [-0.3, -0.25) is 0 Å². The third-order valence-electron chi connectivity index (χ3n) is 4.55. The van der Waals surface area contributed by atoms with E-state index < -0.39 is 0 Å². The number of benzene rings is 2. The molecule has 2 aliphatic heterocycles. The molecule has 4 rings (SSSR count). The van der Waals surface area contributed by atoms with E-state index in [2.05, 4.69) is 0 Å². The Bertz CT molecular complexity index is 656. The molecule has 0 radical (unpaired) electrons. The highest BCUT2D eigenvalue weighted by molar-refractivity contribution is 5.47. The Balaban J connectivity index is 1.65. The maximum atomic E-state index is 10.2. The minimum Gasteiger partial charge on any atom is -0.508 e. The minimum atomic E-state index is 0.227. The molecule has 0 amide bonds. The smallest absolute Gasteiger partial charge is 0.119 e. The molecule has 0 aromatic heterocycles. The Labute approximate surface area is 135 Å². The molecule has 2 atom stereocenters. The summed E-state index contributed by atoms with van der Waals surface area (Å²) in [6.45, 7) is 1.54. The summed E-state index contributed by atoms with van der Waals surface area (Å²) < 4.78 is 10.6. The van der Waals surface area contributed by atoms with Crippen molar-refractivity contribution in [3.05, 3.63) is 58.7 Å². The number of ether oxygens (including phenoxy) is 2. The summed E-state index contributed by atoms with van der Waals surface area (Å²) in [6.07, 6.45) is 2.62. The van der Waals surface area contributed by atoms with Crippen LogP contribution in [0.25, 0.3) is 0 Å². The fourth-order valence-corrected chi connectivity index (χ4v) is 3.08. The standard InChI is InChI=1S/C19H20O4/c20-18-5-1-3-12(16(18)8-14-10-22-14)7-13-4-2-6-19(21)17(13)9-15-11-23-15/h1-6,14-15,20-21H,7-11H2. The van der Waals surface area contributed by atoms with Gasteiger partial charge in [-0.1, -0.05) is 24.3 Å². The van der Waals surface area contributed by atoms with E-state index in [0.29, 0.717) is 17.9 Å². The number of phenols is 2. The quantitative estimate of drug-likeness (QED) is 0.805. The first kappa shape index (κ1) is 14.5. The number of hydrogen-bond acceptors (Lipinski definition) is 4. The first-order chi connectivity index (χ1) is 11.2. The Morgan fingerprint density at radius 2 is 1.22 bits per heavy atom. The number of phenolic OH excluding ortho intramolecular Hbond substituents is 2. The summed E-state index contributed by atoms with van der Waals surface area (Å²) in [5.41, 5.74) is 4.08. The molecule has 0 aliphatic carbocycles. The van der Waals surface area contributed by atoms with Crippen LogP contribution in [0.2, 0.25) is 0 Å². The van der Waals surface area contributed by atoms with E-state index in [9.17, 15) is 10.2 Å². The van der Waals surface area contributed by atoms with Crippen molar-refractivity contribution < 1.29 is 19.7 Å². The normalized spacial score (nSPS) is 22.1. The van der Waals surface area contributed by atoms with Crippen LogP contribution in [0.1, 0.15) is 22.3 Å². The molecule has 2 aromatic rings. The van der Waals surface area contributed by atoms with Gasteiger partial charge < -0.3 is 19.7 Å². The first-order valence-corrected chi connectivity index (χ1v) is 8.03. The zero-order valence-corrected chi connectivity index (χ0v) is 12.9. The SMILES string of the molecule is Oc1cccc(Cc2cccc(O)c2CC2CO2)c1CC1CO1. The second-order valence-corrected chi connectivity index (χ2v) is 6.33. The molecule has 0 bridgehead atoms. The minimum absolute atomic E-state index is 0.227. The Morgan fingerprint density at radius 1 is 0.783 bits per heavy atom. The van der Waals surface area contributed by atoms with Crippen LogP contribution in [0.4, 0.5) is 0 Å². The summed E-state index contributed by atoms with van der Waals surface area (Å²) >= 11 is 0. The fraction of sp³-hybridized carbons (Fsp3) is 0.368. The monoisotopic (exact) mass is 312 g/mol. The van der Waals surface area contributed by atoms with Crippen LogP contribution in [0.5, 0.6) is 11.5 Å². The highest BCUT2D eigenvalue weighted by Gasteiger charge is 2.27. The van der Waals surface area contributed by atoms with Crippen molar-refractivity contribution in [2.24, 2.45) is 0 Å². The fourth-order valence-electron chi connectivity index (χ4n) is 3.08. The average molecular weight is 312 g/mol. The molecule has 23 heavy (non-hydrogen) atoms. The van der Waals surface area contributed by atoms with Gasteiger partial charge in [0.15, 0.2) is 0 Å². The molecule has 2 fully saturated rings. The molecule has 4 nitrogen and oxygen atoms in total. The Hall–Kier alpha value is -2.04. The lowest BCUT2D eigenvalue weighted by Crippen LogP contribution is -2.04. The zero-order chi connectivity index (χ0) is 15.8. The molecular formula is C19H20O4. The Kier molecular flexibility index (Phi) is 3.71. The first-order valence-electron chi connectivity index (χ1n) is 8.03. The summed E-state index contributed by atoms with van der Waals surface area (Å²) in [5, 5.41) is 20.4. The molecule has 0 saturated carbocycles. The van der Waals surface area contributed by atoms with Gasteiger partial charge in [-0.05, 0) is 29.7 Å². The van der Waals surface area contributed by atoms with Gasteiger partial charge in [-0.25, -0.2) is 0 Å². The van der Waals surface area contributed by atoms with E-state index in [-0.39, 0.29) is 12.2 Å². The van der Waals surface area contributed by atoms with Crippen LogP contribution in [0.15, 0.2) is 36.4 Å². The van der Waals surface area contributed by atoms with Crippen molar-refractivity contribution >= 4 is 0 Å². The van der Waals surface area contributed by atoms with E-state index in [1.807, 2.05) is 24.3 Å². The number of rotatable bonds is 6. The highest BCUT2D eigenvalue weighted by Crippen LogP contribution is 2.32. The second-order valence-electron chi connectivity index (χ2n) is 6.33. The predicted octanol–water partition coefficient (Wildman–Crippen LogP) is 2.57. The number of hydrogen-bond donors (Lipinski definition) is 2. The summed E-state index contributed by atoms with van der Waals surface area (Å²) in [5.74, 6) is 0.649. The van der Waals surface area contributed by atoms with Crippen LogP contribution >= 0.6 is 0 Å². The molecule has 2 saturated heterocycles. The molecule has 2 aromatic carbocycles. The lowest BCUT2D eigenvalue weighted by atomic mass is 9.92. The van der Waals surface area contributed by atoms with Gasteiger partial charge >= 0.3 is 0 Å². The average Bonchev–Trinajstić information content (AvgIpc) is 3.42. The van der Waals surface area contributed by atoms with E-state index in [0.717, 1.165) is 48.3 Å². The molecule has 120 valence electrons. The highest BCUT2D eigenvalue weighted by atomic mass is 16.6. The van der Waals surface area contributed by atoms with Gasteiger partial charge in [0, 0.05) is 24.0 Å². The van der Waals surface area contributed by atoms with Crippen molar-refractivity contribution in [2.75, 3.05) is 13.2 Å². The number of aromatic hydroxyl groups is 2. The molecule has 2 unspecified atom stereocenters. The molecule has 0 spiro atoms. The van der Waals surface area contributed by atoms with E-state index in [4.69, 9.17) is 9.47 Å². The van der Waals surface area contributed by atoms with Gasteiger partial charge in [0.2, 0.25) is 0 Å².